The molecule has 0 spiro atoms. The molecule has 1 aromatic carbocycles. The largest absolute Gasteiger partial charge is 0.355 e. The number of hydrogen-bond donors (Lipinski definition) is 1. The summed E-state index contributed by atoms with van der Waals surface area (Å²) in [5.74, 6) is -2.07. The van der Waals surface area contributed by atoms with Gasteiger partial charge < -0.3 is 5.32 Å². The van der Waals surface area contributed by atoms with Crippen LogP contribution in [-0.4, -0.2) is 12.5 Å². The Balaban J connectivity index is 2.45. The normalized spacial score (nSPS) is 24.6. The molecule has 0 bridgehead atoms. The number of carbonyl (C=O) groups excluding carboxylic acids is 1. The second-order valence-corrected chi connectivity index (χ2v) is 4.28. The molecule has 1 N–H and O–H groups in total. The van der Waals surface area contributed by atoms with Crippen LogP contribution in [0.25, 0.3) is 0 Å². The first-order valence-corrected chi connectivity index (χ1v) is 5.24. The topological polar surface area (TPSA) is 29.1 Å². The number of hydrogen-bond acceptors (Lipinski definition) is 1. The SMILES string of the molecule is Cc1cc(F)c(C2CNC(=O)[C@@H]2C)c(F)c1. The van der Waals surface area contributed by atoms with E-state index >= 15 is 0 Å². The van der Waals surface area contributed by atoms with Crippen LogP contribution in [-0.2, 0) is 4.79 Å². The molecule has 1 saturated heterocycles. The summed E-state index contributed by atoms with van der Waals surface area (Å²) in [6.45, 7) is 3.63. The van der Waals surface area contributed by atoms with Crippen LogP contribution in [0.15, 0.2) is 12.1 Å². The van der Waals surface area contributed by atoms with E-state index in [1.54, 1.807) is 13.8 Å². The molecule has 16 heavy (non-hydrogen) atoms. The molecule has 0 aromatic heterocycles. The van der Waals surface area contributed by atoms with Crippen LogP contribution < -0.4 is 5.32 Å². The van der Waals surface area contributed by atoms with Crippen molar-refractivity contribution >= 4 is 5.91 Å². The fourth-order valence-corrected chi connectivity index (χ4v) is 2.15. The summed E-state index contributed by atoms with van der Waals surface area (Å²) < 4.78 is 27.4. The van der Waals surface area contributed by atoms with Gasteiger partial charge in [0.05, 0.1) is 0 Å². The molecule has 0 saturated carbocycles. The molecular formula is C12H13F2NO. The fourth-order valence-electron chi connectivity index (χ4n) is 2.15. The molecule has 2 rings (SSSR count). The van der Waals surface area contributed by atoms with E-state index in [9.17, 15) is 13.6 Å². The maximum absolute atomic E-state index is 13.7. The van der Waals surface area contributed by atoms with E-state index in [1.807, 2.05) is 0 Å². The molecular weight excluding hydrogens is 212 g/mol. The lowest BCUT2D eigenvalue weighted by atomic mass is 9.88. The van der Waals surface area contributed by atoms with Crippen molar-refractivity contribution in [3.05, 3.63) is 34.9 Å². The second-order valence-electron chi connectivity index (χ2n) is 4.28. The Morgan fingerprint density at radius 2 is 1.88 bits per heavy atom. The van der Waals surface area contributed by atoms with Crippen molar-refractivity contribution in [1.29, 1.82) is 0 Å². The number of rotatable bonds is 1. The van der Waals surface area contributed by atoms with E-state index in [-0.39, 0.29) is 17.4 Å². The highest BCUT2D eigenvalue weighted by atomic mass is 19.1. The molecule has 2 nitrogen and oxygen atoms in total. The summed E-state index contributed by atoms with van der Waals surface area (Å²) in [5, 5.41) is 2.61. The van der Waals surface area contributed by atoms with E-state index in [1.165, 1.54) is 12.1 Å². The zero-order valence-electron chi connectivity index (χ0n) is 9.18. The molecule has 0 aliphatic carbocycles. The lowest BCUT2D eigenvalue weighted by Crippen LogP contribution is -2.17. The highest BCUT2D eigenvalue weighted by Crippen LogP contribution is 2.32. The van der Waals surface area contributed by atoms with Crippen LogP contribution in [0.4, 0.5) is 8.78 Å². The predicted molar refractivity (Wildman–Crippen MR) is 56.0 cm³/mol. The number of halogens is 2. The van der Waals surface area contributed by atoms with Gasteiger partial charge in [-0.3, -0.25) is 4.79 Å². The molecule has 1 amide bonds. The van der Waals surface area contributed by atoms with Crippen LogP contribution in [0.1, 0.15) is 24.0 Å². The average molecular weight is 225 g/mol. The first-order chi connectivity index (χ1) is 7.50. The Labute approximate surface area is 92.7 Å². The Kier molecular flexibility index (Phi) is 2.66. The molecule has 1 unspecified atom stereocenters. The van der Waals surface area contributed by atoms with Crippen LogP contribution in [0.3, 0.4) is 0 Å². The van der Waals surface area contributed by atoms with Gasteiger partial charge in [-0.05, 0) is 24.6 Å². The van der Waals surface area contributed by atoms with Gasteiger partial charge in [0.1, 0.15) is 11.6 Å². The maximum atomic E-state index is 13.7. The van der Waals surface area contributed by atoms with Crippen LogP contribution >= 0.6 is 0 Å². The van der Waals surface area contributed by atoms with Gasteiger partial charge in [-0.1, -0.05) is 6.92 Å². The van der Waals surface area contributed by atoms with Gasteiger partial charge in [0.25, 0.3) is 0 Å². The molecule has 1 aromatic rings. The van der Waals surface area contributed by atoms with Crippen molar-refractivity contribution < 1.29 is 13.6 Å². The summed E-state index contributed by atoms with van der Waals surface area (Å²) >= 11 is 0. The van der Waals surface area contributed by atoms with Gasteiger partial charge in [0.15, 0.2) is 0 Å². The van der Waals surface area contributed by atoms with Gasteiger partial charge in [0, 0.05) is 23.9 Å². The van der Waals surface area contributed by atoms with E-state index in [2.05, 4.69) is 5.32 Å². The molecule has 1 aliphatic heterocycles. The highest BCUT2D eigenvalue weighted by Gasteiger charge is 2.35. The zero-order valence-corrected chi connectivity index (χ0v) is 9.18. The van der Waals surface area contributed by atoms with Gasteiger partial charge in [0.2, 0.25) is 5.91 Å². The lowest BCUT2D eigenvalue weighted by molar-refractivity contribution is -0.122. The van der Waals surface area contributed by atoms with Crippen LogP contribution in [0.5, 0.6) is 0 Å². The first-order valence-electron chi connectivity index (χ1n) is 5.24. The van der Waals surface area contributed by atoms with Gasteiger partial charge in [-0.2, -0.15) is 0 Å². The summed E-state index contributed by atoms with van der Waals surface area (Å²) in [5.41, 5.74) is 0.570. The van der Waals surface area contributed by atoms with Crippen molar-refractivity contribution in [3.8, 4) is 0 Å². The lowest BCUT2D eigenvalue weighted by Gasteiger charge is -2.15. The Morgan fingerprint density at radius 1 is 1.31 bits per heavy atom. The first kappa shape index (κ1) is 11.0. The number of benzene rings is 1. The van der Waals surface area contributed by atoms with Crippen LogP contribution in [0, 0.1) is 24.5 Å². The Morgan fingerprint density at radius 3 is 2.31 bits per heavy atom. The average Bonchev–Trinajstić information content (AvgIpc) is 2.48. The summed E-state index contributed by atoms with van der Waals surface area (Å²) in [4.78, 5) is 11.3. The Bertz CT molecular complexity index is 422. The summed E-state index contributed by atoms with van der Waals surface area (Å²) in [6, 6.07) is 2.60. The molecule has 4 heteroatoms. The standard InChI is InChI=1S/C12H13F2NO/c1-6-3-9(13)11(10(14)4-6)8-5-15-12(16)7(8)2/h3-4,7-8H,5H2,1-2H3,(H,15,16)/t7-,8?/m1/s1. The van der Waals surface area contributed by atoms with Gasteiger partial charge in [-0.25, -0.2) is 8.78 Å². The monoisotopic (exact) mass is 225 g/mol. The third-order valence-corrected chi connectivity index (χ3v) is 3.11. The molecule has 86 valence electrons. The minimum atomic E-state index is -0.564. The summed E-state index contributed by atoms with van der Waals surface area (Å²) in [6.07, 6.45) is 0. The van der Waals surface area contributed by atoms with Crippen molar-refractivity contribution in [2.24, 2.45) is 5.92 Å². The second kappa shape index (κ2) is 3.85. The maximum Gasteiger partial charge on any atom is 0.223 e. The minimum Gasteiger partial charge on any atom is -0.355 e. The highest BCUT2D eigenvalue weighted by molar-refractivity contribution is 5.82. The molecule has 1 fully saturated rings. The smallest absolute Gasteiger partial charge is 0.223 e. The molecule has 1 heterocycles. The minimum absolute atomic E-state index is 0.0245. The number of amides is 1. The van der Waals surface area contributed by atoms with Crippen molar-refractivity contribution in [3.63, 3.8) is 0 Å². The fraction of sp³-hybridized carbons (Fsp3) is 0.417. The summed E-state index contributed by atoms with van der Waals surface area (Å²) in [7, 11) is 0. The van der Waals surface area contributed by atoms with E-state index in [0.717, 1.165) is 0 Å². The van der Waals surface area contributed by atoms with Crippen molar-refractivity contribution in [2.45, 2.75) is 19.8 Å². The molecule has 0 radical (unpaired) electrons. The van der Waals surface area contributed by atoms with Crippen molar-refractivity contribution in [1.82, 2.24) is 5.32 Å². The quantitative estimate of drug-likeness (QED) is 0.779. The predicted octanol–water partition coefficient (Wildman–Crippen LogP) is 2.12. The number of aryl methyl sites for hydroxylation is 1. The van der Waals surface area contributed by atoms with E-state index < -0.39 is 17.6 Å². The zero-order chi connectivity index (χ0) is 11.9. The number of carbonyl (C=O) groups is 1. The van der Waals surface area contributed by atoms with Crippen molar-refractivity contribution in [2.75, 3.05) is 6.54 Å². The molecule has 2 atom stereocenters. The van der Waals surface area contributed by atoms with Gasteiger partial charge >= 0.3 is 0 Å². The third kappa shape index (κ3) is 1.68. The number of nitrogens with one attached hydrogen (secondary N) is 1. The van der Waals surface area contributed by atoms with E-state index in [0.29, 0.717) is 12.1 Å². The Hall–Kier alpha value is -1.45. The van der Waals surface area contributed by atoms with Crippen LogP contribution in [0.2, 0.25) is 0 Å². The third-order valence-electron chi connectivity index (χ3n) is 3.11. The van der Waals surface area contributed by atoms with Gasteiger partial charge in [-0.15, -0.1) is 0 Å². The molecule has 1 aliphatic rings. The van der Waals surface area contributed by atoms with E-state index in [4.69, 9.17) is 0 Å².